The van der Waals surface area contributed by atoms with Crippen molar-refractivity contribution >= 4 is 16.1 Å². The second kappa shape index (κ2) is 5.93. The molecule has 0 rings (SSSR count). The van der Waals surface area contributed by atoms with E-state index >= 15 is 0 Å². The van der Waals surface area contributed by atoms with Crippen LogP contribution in [0, 0.1) is 0 Å². The topological polar surface area (TPSA) is 80.7 Å². The zero-order valence-corrected chi connectivity index (χ0v) is 8.34. The molecule has 0 saturated heterocycles. The van der Waals surface area contributed by atoms with Gasteiger partial charge in [0.1, 0.15) is 0 Å². The molecule has 1 N–H and O–H groups in total. The first-order chi connectivity index (χ1) is 5.95. The highest BCUT2D eigenvalue weighted by Crippen LogP contribution is 1.94. The molecular weight excluding hydrogens is 196 g/mol. The Hall–Kier alpha value is -0.620. The minimum absolute atomic E-state index is 0.0403. The number of esters is 1. The van der Waals surface area contributed by atoms with Gasteiger partial charge < -0.3 is 4.74 Å². The molecule has 0 amide bonds. The summed E-state index contributed by atoms with van der Waals surface area (Å²) in [4.78, 5) is 10.7. The minimum Gasteiger partial charge on any atom is -0.466 e. The largest absolute Gasteiger partial charge is 0.466 e. The van der Waals surface area contributed by atoms with Crippen molar-refractivity contribution in [2.45, 2.75) is 26.2 Å². The van der Waals surface area contributed by atoms with E-state index in [1.54, 1.807) is 0 Å². The van der Waals surface area contributed by atoms with Gasteiger partial charge >= 0.3 is 5.97 Å². The van der Waals surface area contributed by atoms with Gasteiger partial charge in [-0.25, -0.2) is 0 Å². The van der Waals surface area contributed by atoms with Gasteiger partial charge in [-0.3, -0.25) is 9.35 Å². The number of carbonyl (C=O) groups is 1. The lowest BCUT2D eigenvalue weighted by Crippen LogP contribution is -2.10. The van der Waals surface area contributed by atoms with Crippen LogP contribution in [0.2, 0.25) is 0 Å². The zero-order chi connectivity index (χ0) is 10.3. The summed E-state index contributed by atoms with van der Waals surface area (Å²) in [5.41, 5.74) is 0. The maximum absolute atomic E-state index is 10.7. The lowest BCUT2D eigenvalue weighted by Gasteiger charge is -2.01. The standard InChI is InChI=1S/C7H14O5S/c1-2-4-7(8)12-5-3-6-13(9,10)11/h2-6H2,1H3,(H,9,10,11). The maximum atomic E-state index is 10.7. The summed E-state index contributed by atoms with van der Waals surface area (Å²) in [6.45, 7) is 1.89. The van der Waals surface area contributed by atoms with Crippen LogP contribution in [0.25, 0.3) is 0 Å². The molecule has 0 radical (unpaired) electrons. The van der Waals surface area contributed by atoms with Crippen LogP contribution in [0.5, 0.6) is 0 Å². The lowest BCUT2D eigenvalue weighted by molar-refractivity contribution is -0.143. The van der Waals surface area contributed by atoms with Crippen molar-refractivity contribution < 1.29 is 22.5 Å². The van der Waals surface area contributed by atoms with Gasteiger partial charge in [-0.2, -0.15) is 8.42 Å². The fourth-order valence-corrected chi connectivity index (χ4v) is 1.19. The summed E-state index contributed by atoms with van der Waals surface area (Å²) >= 11 is 0. The molecule has 0 aliphatic heterocycles. The molecule has 5 nitrogen and oxygen atoms in total. The summed E-state index contributed by atoms with van der Waals surface area (Å²) in [7, 11) is -3.93. The molecule has 6 heteroatoms. The molecule has 13 heavy (non-hydrogen) atoms. The quantitative estimate of drug-likeness (QED) is 0.394. The van der Waals surface area contributed by atoms with Crippen molar-refractivity contribution in [2.75, 3.05) is 12.4 Å². The third-order valence-electron chi connectivity index (χ3n) is 1.26. The van der Waals surface area contributed by atoms with Crippen molar-refractivity contribution in [3.8, 4) is 0 Å². The van der Waals surface area contributed by atoms with Gasteiger partial charge in [-0.05, 0) is 12.8 Å². The van der Waals surface area contributed by atoms with Gasteiger partial charge in [0.15, 0.2) is 0 Å². The van der Waals surface area contributed by atoms with Crippen LogP contribution in [-0.4, -0.2) is 31.3 Å². The van der Waals surface area contributed by atoms with E-state index in [0.717, 1.165) is 0 Å². The van der Waals surface area contributed by atoms with Crippen LogP contribution in [0.4, 0.5) is 0 Å². The molecule has 0 unspecified atom stereocenters. The average Bonchev–Trinajstić information content (AvgIpc) is 1.97. The molecule has 0 fully saturated rings. The second-order valence-electron chi connectivity index (χ2n) is 2.61. The third kappa shape index (κ3) is 9.29. The molecule has 0 heterocycles. The zero-order valence-electron chi connectivity index (χ0n) is 7.52. The molecule has 0 bridgehead atoms. The van der Waals surface area contributed by atoms with E-state index in [-0.39, 0.29) is 24.7 Å². The number of rotatable bonds is 6. The van der Waals surface area contributed by atoms with Gasteiger partial charge in [-0.15, -0.1) is 0 Å². The number of ether oxygens (including phenoxy) is 1. The molecule has 0 atom stereocenters. The molecule has 0 aromatic heterocycles. The molecular formula is C7H14O5S. The van der Waals surface area contributed by atoms with E-state index in [2.05, 4.69) is 4.74 Å². The number of hydrogen-bond acceptors (Lipinski definition) is 4. The van der Waals surface area contributed by atoms with Crippen molar-refractivity contribution in [3.05, 3.63) is 0 Å². The first-order valence-corrected chi connectivity index (χ1v) is 5.67. The van der Waals surface area contributed by atoms with Crippen LogP contribution in [0.3, 0.4) is 0 Å². The second-order valence-corrected chi connectivity index (χ2v) is 4.18. The van der Waals surface area contributed by atoms with Crippen molar-refractivity contribution in [2.24, 2.45) is 0 Å². The molecule has 0 aromatic rings. The SMILES string of the molecule is CCCC(=O)OCCCS(=O)(=O)O. The van der Waals surface area contributed by atoms with E-state index in [9.17, 15) is 13.2 Å². The van der Waals surface area contributed by atoms with Crippen molar-refractivity contribution in [3.63, 3.8) is 0 Å². The summed E-state index contributed by atoms with van der Waals surface area (Å²) in [5, 5.41) is 0. The summed E-state index contributed by atoms with van der Waals surface area (Å²) < 4.78 is 33.4. The normalized spacial score (nSPS) is 11.2. The van der Waals surface area contributed by atoms with E-state index in [1.807, 2.05) is 6.92 Å². The highest BCUT2D eigenvalue weighted by atomic mass is 32.2. The smallest absolute Gasteiger partial charge is 0.305 e. The van der Waals surface area contributed by atoms with Crippen molar-refractivity contribution in [1.82, 2.24) is 0 Å². The highest BCUT2D eigenvalue weighted by molar-refractivity contribution is 7.85. The van der Waals surface area contributed by atoms with E-state index in [0.29, 0.717) is 12.8 Å². The molecule has 0 aliphatic rings. The summed E-state index contributed by atoms with van der Waals surface area (Å²) in [6.07, 6.45) is 1.18. The van der Waals surface area contributed by atoms with Crippen LogP contribution in [0.15, 0.2) is 0 Å². The molecule has 78 valence electrons. The average molecular weight is 210 g/mol. The van der Waals surface area contributed by atoms with Crippen LogP contribution < -0.4 is 0 Å². The van der Waals surface area contributed by atoms with E-state index in [4.69, 9.17) is 4.55 Å². The Morgan fingerprint density at radius 3 is 2.54 bits per heavy atom. The van der Waals surface area contributed by atoms with Crippen LogP contribution in [0.1, 0.15) is 26.2 Å². The lowest BCUT2D eigenvalue weighted by atomic mass is 10.3. The van der Waals surface area contributed by atoms with Gasteiger partial charge in [0.2, 0.25) is 0 Å². The Bertz CT molecular complexity index is 244. The predicted molar refractivity (Wildman–Crippen MR) is 46.9 cm³/mol. The predicted octanol–water partition coefficient (Wildman–Crippen LogP) is 0.608. The Morgan fingerprint density at radius 2 is 2.08 bits per heavy atom. The van der Waals surface area contributed by atoms with Crippen molar-refractivity contribution in [1.29, 1.82) is 0 Å². The first kappa shape index (κ1) is 12.4. The number of hydrogen-bond donors (Lipinski definition) is 1. The Labute approximate surface area is 77.8 Å². The van der Waals surface area contributed by atoms with Gasteiger partial charge in [0.05, 0.1) is 12.4 Å². The third-order valence-corrected chi connectivity index (χ3v) is 2.07. The van der Waals surface area contributed by atoms with Gasteiger partial charge in [0.25, 0.3) is 10.1 Å². The highest BCUT2D eigenvalue weighted by Gasteiger charge is 2.05. The van der Waals surface area contributed by atoms with E-state index < -0.39 is 10.1 Å². The summed E-state index contributed by atoms with van der Waals surface area (Å²) in [5.74, 6) is -0.704. The van der Waals surface area contributed by atoms with Gasteiger partial charge in [0, 0.05) is 6.42 Å². The van der Waals surface area contributed by atoms with Gasteiger partial charge in [-0.1, -0.05) is 6.92 Å². The van der Waals surface area contributed by atoms with Crippen LogP contribution >= 0.6 is 0 Å². The fourth-order valence-electron chi connectivity index (χ4n) is 0.704. The molecule has 0 saturated carbocycles. The Balaban J connectivity index is 3.41. The number of carbonyl (C=O) groups excluding carboxylic acids is 1. The monoisotopic (exact) mass is 210 g/mol. The first-order valence-electron chi connectivity index (χ1n) is 4.06. The molecule has 0 spiro atoms. The van der Waals surface area contributed by atoms with E-state index in [1.165, 1.54) is 0 Å². The Kier molecular flexibility index (Phi) is 5.65. The molecule has 0 aromatic carbocycles. The minimum atomic E-state index is -3.93. The van der Waals surface area contributed by atoms with Crippen LogP contribution in [-0.2, 0) is 19.6 Å². The summed E-state index contributed by atoms with van der Waals surface area (Å²) in [6, 6.07) is 0. The fraction of sp³-hybridized carbons (Fsp3) is 0.857. The maximum Gasteiger partial charge on any atom is 0.305 e. The molecule has 0 aliphatic carbocycles. The Morgan fingerprint density at radius 1 is 1.46 bits per heavy atom.